The molecule has 1 heterocycles. The topological polar surface area (TPSA) is 63.8 Å². The molecule has 26 heavy (non-hydrogen) atoms. The average Bonchev–Trinajstić information content (AvgIpc) is 2.94. The highest BCUT2D eigenvalue weighted by Gasteiger charge is 2.21. The van der Waals surface area contributed by atoms with Crippen LogP contribution < -0.4 is 0 Å². The first-order chi connectivity index (χ1) is 12.6. The van der Waals surface area contributed by atoms with Gasteiger partial charge < -0.3 is 9.84 Å². The van der Waals surface area contributed by atoms with Gasteiger partial charge in [0.05, 0.1) is 24.1 Å². The number of carbonyl (C=O) groups is 1. The summed E-state index contributed by atoms with van der Waals surface area (Å²) >= 11 is 6.81. The first kappa shape index (κ1) is 18.8. The van der Waals surface area contributed by atoms with E-state index in [-0.39, 0.29) is 17.9 Å². The maximum Gasteiger partial charge on any atom is 0.338 e. The van der Waals surface area contributed by atoms with Gasteiger partial charge in [0.25, 0.3) is 0 Å². The third-order valence-electron chi connectivity index (χ3n) is 4.47. The van der Waals surface area contributed by atoms with Gasteiger partial charge in [0, 0.05) is 6.04 Å². The molecule has 0 radical (unpaired) electrons. The lowest BCUT2D eigenvalue weighted by Gasteiger charge is -2.23. The Balaban J connectivity index is 1.82. The number of ether oxygens (including phenoxy) is 1. The van der Waals surface area contributed by atoms with Gasteiger partial charge in [0.1, 0.15) is 4.88 Å². The van der Waals surface area contributed by atoms with Gasteiger partial charge in [-0.3, -0.25) is 9.56 Å². The second-order valence-corrected chi connectivity index (χ2v) is 7.92. The highest BCUT2D eigenvalue weighted by atomic mass is 32.1. The van der Waals surface area contributed by atoms with Crippen LogP contribution in [0.2, 0.25) is 0 Å². The molecule has 1 aromatic carbocycles. The summed E-state index contributed by atoms with van der Waals surface area (Å²) in [6, 6.07) is 7.20. The zero-order valence-electron chi connectivity index (χ0n) is 14.7. The number of nitrogens with zero attached hydrogens (tertiary/aromatic N) is 2. The van der Waals surface area contributed by atoms with E-state index in [0.717, 1.165) is 12.8 Å². The summed E-state index contributed by atoms with van der Waals surface area (Å²) in [6.07, 6.45) is 7.31. The van der Waals surface area contributed by atoms with Crippen molar-refractivity contribution in [1.82, 2.24) is 4.57 Å². The molecule has 1 fully saturated rings. The molecule has 1 aromatic heterocycles. The minimum atomic E-state index is -0.369. The van der Waals surface area contributed by atoms with Gasteiger partial charge >= 0.3 is 5.97 Å². The molecule has 7 heteroatoms. The SMILES string of the molecule is CCOC(=O)c1cccc(N=Cc2sc(=S)n(C3CCCCC3)c2O)c1. The number of hydrogen-bond acceptors (Lipinski definition) is 6. The Hall–Kier alpha value is -1.99. The Labute approximate surface area is 162 Å². The average molecular weight is 391 g/mol. The molecule has 138 valence electrons. The minimum Gasteiger partial charge on any atom is -0.493 e. The lowest BCUT2D eigenvalue weighted by atomic mass is 9.95. The van der Waals surface area contributed by atoms with E-state index in [9.17, 15) is 9.90 Å². The number of hydrogen-bond donors (Lipinski definition) is 1. The van der Waals surface area contributed by atoms with E-state index < -0.39 is 0 Å². The number of benzene rings is 1. The first-order valence-corrected chi connectivity index (χ1v) is 10.1. The van der Waals surface area contributed by atoms with Crippen LogP contribution in [0, 0.1) is 3.95 Å². The standard InChI is InChI=1S/C19H22N2O3S2/c1-2-24-18(23)13-7-6-8-14(11-13)20-12-16-17(22)21(19(25)26-16)15-9-4-3-5-10-15/h6-8,11-12,15,22H,2-5,9-10H2,1H3. The lowest BCUT2D eigenvalue weighted by Crippen LogP contribution is -2.12. The molecular formula is C19H22N2O3S2. The second kappa shape index (κ2) is 8.60. The Morgan fingerprint density at radius 2 is 2.19 bits per heavy atom. The molecule has 1 aliphatic rings. The molecule has 1 aliphatic carbocycles. The van der Waals surface area contributed by atoms with E-state index in [2.05, 4.69) is 4.99 Å². The number of carbonyl (C=O) groups excluding carboxylic acids is 1. The summed E-state index contributed by atoms with van der Waals surface area (Å²) in [4.78, 5) is 16.9. The molecule has 0 saturated heterocycles. The number of thiazole rings is 1. The van der Waals surface area contributed by atoms with Gasteiger partial charge in [0.15, 0.2) is 3.95 Å². The number of esters is 1. The molecule has 0 amide bonds. The predicted molar refractivity (Wildman–Crippen MR) is 107 cm³/mol. The van der Waals surface area contributed by atoms with Crippen molar-refractivity contribution in [3.05, 3.63) is 38.7 Å². The summed E-state index contributed by atoms with van der Waals surface area (Å²) in [5.74, 6) is -0.177. The normalized spacial score (nSPS) is 15.4. The van der Waals surface area contributed by atoms with E-state index in [1.807, 2.05) is 4.57 Å². The smallest absolute Gasteiger partial charge is 0.338 e. The van der Waals surface area contributed by atoms with Gasteiger partial charge in [-0.25, -0.2) is 4.79 Å². The minimum absolute atomic E-state index is 0.192. The Morgan fingerprint density at radius 3 is 2.92 bits per heavy atom. The van der Waals surface area contributed by atoms with Crippen LogP contribution in [-0.4, -0.2) is 28.5 Å². The Morgan fingerprint density at radius 1 is 1.42 bits per heavy atom. The number of aromatic nitrogens is 1. The molecule has 5 nitrogen and oxygen atoms in total. The van der Waals surface area contributed by atoms with Crippen LogP contribution in [0.25, 0.3) is 0 Å². The molecule has 1 N–H and O–H groups in total. The summed E-state index contributed by atoms with van der Waals surface area (Å²) in [5.41, 5.74) is 1.08. The van der Waals surface area contributed by atoms with Crippen LogP contribution in [0.4, 0.5) is 5.69 Å². The van der Waals surface area contributed by atoms with Gasteiger partial charge in [-0.2, -0.15) is 0 Å². The summed E-state index contributed by atoms with van der Waals surface area (Å²) in [5, 5.41) is 10.6. The summed E-state index contributed by atoms with van der Waals surface area (Å²) < 4.78 is 7.55. The van der Waals surface area contributed by atoms with Crippen molar-refractivity contribution in [1.29, 1.82) is 0 Å². The van der Waals surface area contributed by atoms with Crippen LogP contribution >= 0.6 is 23.6 Å². The van der Waals surface area contributed by atoms with Gasteiger partial charge in [-0.1, -0.05) is 36.7 Å². The maximum absolute atomic E-state index is 11.8. The Kier molecular flexibility index (Phi) is 6.21. The van der Waals surface area contributed by atoms with Crippen LogP contribution in [0.5, 0.6) is 5.88 Å². The van der Waals surface area contributed by atoms with Crippen molar-refractivity contribution >= 4 is 41.4 Å². The molecule has 3 rings (SSSR count). The highest BCUT2D eigenvalue weighted by molar-refractivity contribution is 7.73. The largest absolute Gasteiger partial charge is 0.493 e. The molecule has 0 spiro atoms. The molecule has 2 aromatic rings. The molecule has 0 aliphatic heterocycles. The van der Waals surface area contributed by atoms with E-state index in [4.69, 9.17) is 17.0 Å². The van der Waals surface area contributed by atoms with Crippen molar-refractivity contribution in [2.24, 2.45) is 4.99 Å². The third kappa shape index (κ3) is 4.22. The maximum atomic E-state index is 11.8. The third-order valence-corrected chi connectivity index (χ3v) is 5.80. The molecule has 1 saturated carbocycles. The van der Waals surface area contributed by atoms with Crippen LogP contribution in [-0.2, 0) is 4.74 Å². The number of aliphatic imine (C=N–C) groups is 1. The van der Waals surface area contributed by atoms with Crippen LogP contribution in [0.1, 0.15) is 60.3 Å². The predicted octanol–water partition coefficient (Wildman–Crippen LogP) is 5.42. The second-order valence-electron chi connectivity index (χ2n) is 6.25. The van der Waals surface area contributed by atoms with Gasteiger partial charge in [-0.15, -0.1) is 0 Å². The van der Waals surface area contributed by atoms with Crippen LogP contribution in [0.3, 0.4) is 0 Å². The number of aromatic hydroxyl groups is 1. The van der Waals surface area contributed by atoms with Crippen LogP contribution in [0.15, 0.2) is 29.3 Å². The van der Waals surface area contributed by atoms with E-state index in [1.165, 1.54) is 30.6 Å². The first-order valence-electron chi connectivity index (χ1n) is 8.85. The van der Waals surface area contributed by atoms with E-state index >= 15 is 0 Å². The van der Waals surface area contributed by atoms with Crippen molar-refractivity contribution in [3.8, 4) is 5.88 Å². The van der Waals surface area contributed by atoms with Crippen molar-refractivity contribution < 1.29 is 14.6 Å². The van der Waals surface area contributed by atoms with Gasteiger partial charge in [0.2, 0.25) is 5.88 Å². The van der Waals surface area contributed by atoms with Crippen molar-refractivity contribution in [3.63, 3.8) is 0 Å². The fourth-order valence-electron chi connectivity index (χ4n) is 3.20. The van der Waals surface area contributed by atoms with E-state index in [0.29, 0.717) is 26.7 Å². The van der Waals surface area contributed by atoms with Crippen molar-refractivity contribution in [2.45, 2.75) is 45.1 Å². The molecule has 0 unspecified atom stereocenters. The fraction of sp³-hybridized carbons (Fsp3) is 0.421. The molecule has 0 bridgehead atoms. The highest BCUT2D eigenvalue weighted by Crippen LogP contribution is 2.36. The lowest BCUT2D eigenvalue weighted by molar-refractivity contribution is 0.0526. The quantitative estimate of drug-likeness (QED) is 0.421. The fourth-order valence-corrected chi connectivity index (χ4v) is 4.52. The monoisotopic (exact) mass is 390 g/mol. The van der Waals surface area contributed by atoms with Crippen molar-refractivity contribution in [2.75, 3.05) is 6.61 Å². The van der Waals surface area contributed by atoms with Gasteiger partial charge in [-0.05, 0) is 50.2 Å². The number of rotatable bonds is 5. The summed E-state index contributed by atoms with van der Waals surface area (Å²) in [7, 11) is 0. The zero-order valence-corrected chi connectivity index (χ0v) is 16.3. The Bertz CT molecular complexity index is 864. The van der Waals surface area contributed by atoms with E-state index in [1.54, 1.807) is 37.4 Å². The molecule has 0 atom stereocenters. The zero-order chi connectivity index (χ0) is 18.5. The molecular weight excluding hydrogens is 368 g/mol. The summed E-state index contributed by atoms with van der Waals surface area (Å²) in [6.45, 7) is 2.10.